The highest BCUT2D eigenvalue weighted by Crippen LogP contribution is 2.39. The van der Waals surface area contributed by atoms with Gasteiger partial charge in [0, 0.05) is 37.7 Å². The average Bonchev–Trinajstić information content (AvgIpc) is 2.99. The largest absolute Gasteiger partial charge is 0.497 e. The SMILES string of the molecule is COc1ccc(CN2CCOc3ccccc3CCCCC3(CCN(C(=O)COc4cccc(Cl)c4)CC3)C2)cc1. The highest BCUT2D eigenvalue weighted by atomic mass is 35.5. The van der Waals surface area contributed by atoms with E-state index >= 15 is 0 Å². The average molecular weight is 577 g/mol. The maximum atomic E-state index is 13.0. The van der Waals surface area contributed by atoms with E-state index in [9.17, 15) is 4.79 Å². The third-order valence-corrected chi connectivity index (χ3v) is 8.74. The fourth-order valence-corrected chi connectivity index (χ4v) is 6.32. The monoisotopic (exact) mass is 576 g/mol. The first-order valence-corrected chi connectivity index (χ1v) is 15.1. The van der Waals surface area contributed by atoms with Crippen LogP contribution in [0.15, 0.2) is 72.8 Å². The summed E-state index contributed by atoms with van der Waals surface area (Å²) in [7, 11) is 1.70. The molecule has 0 unspecified atom stereocenters. The number of para-hydroxylation sites is 1. The van der Waals surface area contributed by atoms with Gasteiger partial charge in [-0.25, -0.2) is 0 Å². The lowest BCUT2D eigenvalue weighted by molar-refractivity contribution is -0.136. The fourth-order valence-electron chi connectivity index (χ4n) is 6.14. The van der Waals surface area contributed by atoms with Crippen molar-refractivity contribution in [2.24, 2.45) is 5.41 Å². The van der Waals surface area contributed by atoms with Crippen LogP contribution in [0.4, 0.5) is 0 Å². The smallest absolute Gasteiger partial charge is 0.260 e. The number of amides is 1. The van der Waals surface area contributed by atoms with Crippen LogP contribution < -0.4 is 14.2 Å². The van der Waals surface area contributed by atoms with Gasteiger partial charge in [0.05, 0.1) is 7.11 Å². The number of benzene rings is 3. The quantitative estimate of drug-likeness (QED) is 0.329. The maximum Gasteiger partial charge on any atom is 0.260 e. The summed E-state index contributed by atoms with van der Waals surface area (Å²) < 4.78 is 17.4. The Labute approximate surface area is 249 Å². The Kier molecular flexibility index (Phi) is 10.1. The van der Waals surface area contributed by atoms with Gasteiger partial charge < -0.3 is 19.1 Å². The minimum absolute atomic E-state index is 0.0353. The number of aryl methyl sites for hydroxylation is 1. The molecule has 1 fully saturated rings. The van der Waals surface area contributed by atoms with Gasteiger partial charge in [-0.3, -0.25) is 9.69 Å². The molecule has 1 spiro atoms. The molecule has 5 rings (SSSR count). The molecule has 1 saturated heterocycles. The van der Waals surface area contributed by atoms with Crippen LogP contribution in [0.3, 0.4) is 0 Å². The summed E-state index contributed by atoms with van der Waals surface area (Å²) in [4.78, 5) is 17.6. The summed E-state index contributed by atoms with van der Waals surface area (Å²) in [6, 6.07) is 24.0. The second kappa shape index (κ2) is 14.1. The molecule has 3 aromatic rings. The van der Waals surface area contributed by atoms with E-state index in [2.05, 4.69) is 41.3 Å². The van der Waals surface area contributed by atoms with Gasteiger partial charge >= 0.3 is 0 Å². The van der Waals surface area contributed by atoms with Crippen molar-refractivity contribution in [3.05, 3.63) is 88.9 Å². The Hall–Kier alpha value is -3.22. The molecule has 0 radical (unpaired) electrons. The molecule has 0 aromatic heterocycles. The van der Waals surface area contributed by atoms with Crippen molar-refractivity contribution in [2.75, 3.05) is 46.5 Å². The number of hydrogen-bond acceptors (Lipinski definition) is 5. The molecule has 0 atom stereocenters. The number of carbonyl (C=O) groups is 1. The molecule has 218 valence electrons. The summed E-state index contributed by atoms with van der Waals surface area (Å²) in [6.07, 6.45) is 6.48. The van der Waals surface area contributed by atoms with Crippen molar-refractivity contribution in [1.29, 1.82) is 0 Å². The minimum Gasteiger partial charge on any atom is -0.497 e. The Bertz CT molecular complexity index is 1270. The summed E-state index contributed by atoms with van der Waals surface area (Å²) in [5, 5.41) is 0.602. The van der Waals surface area contributed by atoms with Crippen LogP contribution in [0, 0.1) is 5.41 Å². The second-order valence-electron chi connectivity index (χ2n) is 11.3. The highest BCUT2D eigenvalue weighted by Gasteiger charge is 2.37. The molecule has 1 amide bonds. The van der Waals surface area contributed by atoms with Crippen LogP contribution in [-0.2, 0) is 17.8 Å². The van der Waals surface area contributed by atoms with E-state index in [-0.39, 0.29) is 17.9 Å². The second-order valence-corrected chi connectivity index (χ2v) is 11.8. The van der Waals surface area contributed by atoms with Crippen molar-refractivity contribution >= 4 is 17.5 Å². The highest BCUT2D eigenvalue weighted by molar-refractivity contribution is 6.30. The van der Waals surface area contributed by atoms with Crippen molar-refractivity contribution in [3.8, 4) is 17.2 Å². The minimum atomic E-state index is 0.0353. The Morgan fingerprint density at radius 2 is 1.73 bits per heavy atom. The predicted molar refractivity (Wildman–Crippen MR) is 163 cm³/mol. The number of fused-ring (bicyclic) bond motifs is 1. The maximum absolute atomic E-state index is 13.0. The lowest BCUT2D eigenvalue weighted by atomic mass is 9.73. The molecular formula is C34H41ClN2O4. The zero-order valence-corrected chi connectivity index (χ0v) is 24.8. The number of methoxy groups -OCH3 is 1. The van der Waals surface area contributed by atoms with Crippen LogP contribution in [-0.4, -0.2) is 62.2 Å². The van der Waals surface area contributed by atoms with E-state index in [0.717, 1.165) is 82.7 Å². The normalized spacial score (nSPS) is 18.0. The summed E-state index contributed by atoms with van der Waals surface area (Å²) in [6.45, 7) is 4.89. The third kappa shape index (κ3) is 8.17. The molecule has 2 aliphatic rings. The van der Waals surface area contributed by atoms with E-state index in [1.807, 2.05) is 29.2 Å². The number of rotatable bonds is 6. The van der Waals surface area contributed by atoms with Crippen molar-refractivity contribution in [1.82, 2.24) is 9.80 Å². The van der Waals surface area contributed by atoms with Gasteiger partial charge in [0.15, 0.2) is 6.61 Å². The molecule has 2 heterocycles. The van der Waals surface area contributed by atoms with Gasteiger partial charge in [-0.2, -0.15) is 0 Å². The summed E-state index contributed by atoms with van der Waals surface area (Å²) in [5.74, 6) is 2.54. The molecule has 6 nitrogen and oxygen atoms in total. The van der Waals surface area contributed by atoms with Crippen molar-refractivity contribution < 1.29 is 19.0 Å². The van der Waals surface area contributed by atoms with E-state index in [0.29, 0.717) is 17.4 Å². The van der Waals surface area contributed by atoms with Gasteiger partial charge in [0.25, 0.3) is 5.91 Å². The van der Waals surface area contributed by atoms with Crippen LogP contribution in [0.25, 0.3) is 0 Å². The molecular weight excluding hydrogens is 536 g/mol. The zero-order valence-electron chi connectivity index (χ0n) is 24.0. The number of hydrogen-bond donors (Lipinski definition) is 0. The number of likely N-dealkylation sites (tertiary alicyclic amines) is 1. The van der Waals surface area contributed by atoms with E-state index in [4.69, 9.17) is 25.8 Å². The molecule has 0 saturated carbocycles. The predicted octanol–water partition coefficient (Wildman–Crippen LogP) is 6.64. The van der Waals surface area contributed by atoms with Gasteiger partial charge in [-0.1, -0.05) is 54.4 Å². The Balaban J connectivity index is 1.26. The van der Waals surface area contributed by atoms with Gasteiger partial charge in [0.1, 0.15) is 23.9 Å². The molecule has 41 heavy (non-hydrogen) atoms. The fraction of sp³-hybridized carbons (Fsp3) is 0.441. The molecule has 0 N–H and O–H groups in total. The first-order chi connectivity index (χ1) is 20.0. The lowest BCUT2D eigenvalue weighted by Crippen LogP contribution is -2.49. The summed E-state index contributed by atoms with van der Waals surface area (Å²) >= 11 is 6.07. The zero-order chi connectivity index (χ0) is 28.5. The van der Waals surface area contributed by atoms with Gasteiger partial charge in [0.2, 0.25) is 0 Å². The molecule has 3 aromatic carbocycles. The Morgan fingerprint density at radius 1 is 0.927 bits per heavy atom. The van der Waals surface area contributed by atoms with E-state index in [1.165, 1.54) is 11.1 Å². The topological polar surface area (TPSA) is 51.2 Å². The standard InChI is InChI=1S/C34H41ClN2O4/c1-39-30-14-12-27(13-15-30)24-36-21-22-40-32-11-3-2-7-28(32)8-4-5-16-34(26-36)17-19-37(20-18-34)33(38)25-41-31-10-6-9-29(35)23-31/h2-3,6-7,9-15,23H,4-5,8,16-22,24-26H2,1H3. The number of ether oxygens (including phenoxy) is 3. The third-order valence-electron chi connectivity index (χ3n) is 8.50. The number of piperidine rings is 1. The van der Waals surface area contributed by atoms with Crippen LogP contribution in [0.2, 0.25) is 5.02 Å². The molecule has 7 heteroatoms. The van der Waals surface area contributed by atoms with Crippen molar-refractivity contribution in [2.45, 2.75) is 45.1 Å². The van der Waals surface area contributed by atoms with Crippen LogP contribution in [0.1, 0.15) is 43.2 Å². The number of carbonyl (C=O) groups excluding carboxylic acids is 1. The molecule has 0 bridgehead atoms. The van der Waals surface area contributed by atoms with Gasteiger partial charge in [-0.15, -0.1) is 0 Å². The van der Waals surface area contributed by atoms with Crippen molar-refractivity contribution in [3.63, 3.8) is 0 Å². The van der Waals surface area contributed by atoms with Crippen LogP contribution >= 0.6 is 11.6 Å². The lowest BCUT2D eigenvalue weighted by Gasteiger charge is -2.45. The molecule has 0 aliphatic carbocycles. The summed E-state index contributed by atoms with van der Waals surface area (Å²) in [5.41, 5.74) is 2.72. The number of halogens is 1. The molecule has 2 aliphatic heterocycles. The Morgan fingerprint density at radius 3 is 2.51 bits per heavy atom. The van der Waals surface area contributed by atoms with E-state index in [1.54, 1.807) is 19.2 Å². The van der Waals surface area contributed by atoms with Gasteiger partial charge in [-0.05, 0) is 85.0 Å². The first kappa shape index (κ1) is 29.3. The number of nitrogens with zero attached hydrogens (tertiary/aromatic N) is 2. The first-order valence-electron chi connectivity index (χ1n) is 14.7. The van der Waals surface area contributed by atoms with E-state index < -0.39 is 0 Å². The van der Waals surface area contributed by atoms with Crippen LogP contribution in [0.5, 0.6) is 17.2 Å².